The Kier molecular flexibility index (Phi) is 4.89. The van der Waals surface area contributed by atoms with Crippen LogP contribution in [0.15, 0.2) is 0 Å². The highest BCUT2D eigenvalue weighted by molar-refractivity contribution is 7.91. The first-order valence-electron chi connectivity index (χ1n) is 8.06. The molecule has 2 rings (SSSR count). The smallest absolute Gasteiger partial charge is 0.225 e. The molecule has 0 radical (unpaired) electrons. The highest BCUT2D eigenvalue weighted by Gasteiger charge is 2.39. The van der Waals surface area contributed by atoms with Gasteiger partial charge in [0.15, 0.2) is 9.84 Å². The quantitative estimate of drug-likeness (QED) is 0.877. The molecule has 1 aliphatic heterocycles. The van der Waals surface area contributed by atoms with E-state index in [0.717, 1.165) is 23.5 Å². The van der Waals surface area contributed by atoms with E-state index >= 15 is 0 Å². The molecular formula is C16H27N3O3S. The van der Waals surface area contributed by atoms with Crippen molar-refractivity contribution in [1.82, 2.24) is 15.1 Å². The third kappa shape index (κ3) is 4.34. The minimum atomic E-state index is -3.03. The predicted molar refractivity (Wildman–Crippen MR) is 90.1 cm³/mol. The van der Waals surface area contributed by atoms with Gasteiger partial charge in [0.25, 0.3) is 0 Å². The van der Waals surface area contributed by atoms with Gasteiger partial charge in [0, 0.05) is 17.8 Å². The molecule has 1 N–H and O–H groups in total. The summed E-state index contributed by atoms with van der Waals surface area (Å²) in [6.07, 6.45) is 0.719. The van der Waals surface area contributed by atoms with Crippen LogP contribution in [-0.2, 0) is 27.6 Å². The summed E-state index contributed by atoms with van der Waals surface area (Å²) < 4.78 is 25.2. The number of aryl methyl sites for hydroxylation is 1. The molecule has 1 fully saturated rings. The van der Waals surface area contributed by atoms with E-state index in [0.29, 0.717) is 12.3 Å². The first kappa shape index (κ1) is 18.0. The minimum Gasteiger partial charge on any atom is -0.350 e. The van der Waals surface area contributed by atoms with Gasteiger partial charge in [-0.15, -0.1) is 0 Å². The number of aromatic nitrogens is 2. The summed E-state index contributed by atoms with van der Waals surface area (Å²) in [5.74, 6) is 0.516. The lowest BCUT2D eigenvalue weighted by atomic mass is 10.0. The van der Waals surface area contributed by atoms with Crippen LogP contribution in [0.4, 0.5) is 0 Å². The Balaban J connectivity index is 2.08. The number of hydrogen-bond acceptors (Lipinski definition) is 4. The van der Waals surface area contributed by atoms with Gasteiger partial charge in [-0.3, -0.25) is 9.48 Å². The van der Waals surface area contributed by atoms with Crippen LogP contribution >= 0.6 is 0 Å². The van der Waals surface area contributed by atoms with Gasteiger partial charge in [-0.1, -0.05) is 13.8 Å². The Labute approximate surface area is 138 Å². The zero-order chi connectivity index (χ0) is 17.4. The van der Waals surface area contributed by atoms with E-state index in [-0.39, 0.29) is 23.8 Å². The maximum Gasteiger partial charge on any atom is 0.225 e. The van der Waals surface area contributed by atoms with Gasteiger partial charge in [0.05, 0.1) is 29.2 Å². The number of carbonyl (C=O) groups is 1. The Hall–Kier alpha value is -1.37. The maximum atomic E-state index is 12.4. The Morgan fingerprint density at radius 2 is 2.04 bits per heavy atom. The van der Waals surface area contributed by atoms with E-state index in [1.165, 1.54) is 0 Å². The second-order valence-electron chi connectivity index (χ2n) is 7.35. The molecule has 1 aromatic heterocycles. The number of rotatable bonds is 5. The molecule has 0 spiro atoms. The van der Waals surface area contributed by atoms with Crippen molar-refractivity contribution in [2.45, 2.75) is 59.5 Å². The van der Waals surface area contributed by atoms with Crippen molar-refractivity contribution < 1.29 is 13.2 Å². The van der Waals surface area contributed by atoms with Gasteiger partial charge in [-0.25, -0.2) is 8.42 Å². The lowest BCUT2D eigenvalue weighted by Crippen LogP contribution is -2.47. The molecule has 1 aliphatic rings. The third-order valence-corrected chi connectivity index (χ3v) is 6.25. The summed E-state index contributed by atoms with van der Waals surface area (Å²) in [6, 6.07) is 0. The number of carbonyl (C=O) groups excluding carboxylic acids is 1. The highest BCUT2D eigenvalue weighted by atomic mass is 32.2. The summed E-state index contributed by atoms with van der Waals surface area (Å²) in [4.78, 5) is 12.4. The molecule has 130 valence electrons. The standard InChI is InChI=1S/C16H27N3O3S/c1-11(2)9-19-13(4)14(12(3)18-19)8-15(20)17-16(5)6-7-23(21,22)10-16/h11H,6-10H2,1-5H3,(H,17,20). The van der Waals surface area contributed by atoms with Crippen LogP contribution < -0.4 is 5.32 Å². The van der Waals surface area contributed by atoms with Crippen LogP contribution in [0.3, 0.4) is 0 Å². The van der Waals surface area contributed by atoms with Crippen LogP contribution in [0.5, 0.6) is 0 Å². The molecular weight excluding hydrogens is 314 g/mol. The molecule has 1 atom stereocenters. The fourth-order valence-electron chi connectivity index (χ4n) is 3.16. The van der Waals surface area contributed by atoms with Crippen LogP contribution in [0, 0.1) is 19.8 Å². The largest absolute Gasteiger partial charge is 0.350 e. The molecule has 7 heteroatoms. The molecule has 1 aromatic rings. The van der Waals surface area contributed by atoms with Crippen LogP contribution in [0.25, 0.3) is 0 Å². The zero-order valence-electron chi connectivity index (χ0n) is 14.6. The van der Waals surface area contributed by atoms with Crippen LogP contribution in [0.1, 0.15) is 44.1 Å². The number of amides is 1. The molecule has 6 nitrogen and oxygen atoms in total. The monoisotopic (exact) mass is 341 g/mol. The SMILES string of the molecule is Cc1nn(CC(C)C)c(C)c1CC(=O)NC1(C)CCS(=O)(=O)C1. The Bertz CT molecular complexity index is 706. The fourth-order valence-corrected chi connectivity index (χ4v) is 5.26. The van der Waals surface area contributed by atoms with Gasteiger partial charge in [0.1, 0.15) is 0 Å². The van der Waals surface area contributed by atoms with Gasteiger partial charge in [-0.2, -0.15) is 5.10 Å². The molecule has 0 aliphatic carbocycles. The van der Waals surface area contributed by atoms with Gasteiger partial charge >= 0.3 is 0 Å². The number of nitrogens with one attached hydrogen (secondary N) is 1. The topological polar surface area (TPSA) is 81.1 Å². The lowest BCUT2D eigenvalue weighted by Gasteiger charge is -2.23. The Morgan fingerprint density at radius 3 is 2.57 bits per heavy atom. The maximum absolute atomic E-state index is 12.4. The number of sulfone groups is 1. The normalized spacial score (nSPS) is 23.4. The molecule has 1 saturated heterocycles. The molecule has 0 saturated carbocycles. The predicted octanol–water partition coefficient (Wildman–Crippen LogP) is 1.39. The fraction of sp³-hybridized carbons (Fsp3) is 0.750. The van der Waals surface area contributed by atoms with E-state index in [9.17, 15) is 13.2 Å². The lowest BCUT2D eigenvalue weighted by molar-refractivity contribution is -0.121. The van der Waals surface area contributed by atoms with Gasteiger partial charge in [-0.05, 0) is 33.1 Å². The average Bonchev–Trinajstić information content (AvgIpc) is 2.79. The molecule has 2 heterocycles. The van der Waals surface area contributed by atoms with Crippen molar-refractivity contribution in [2.24, 2.45) is 5.92 Å². The first-order valence-corrected chi connectivity index (χ1v) is 9.88. The first-order chi connectivity index (χ1) is 10.5. The van der Waals surface area contributed by atoms with Crippen molar-refractivity contribution in [3.05, 3.63) is 17.0 Å². The van der Waals surface area contributed by atoms with Crippen LogP contribution in [0.2, 0.25) is 0 Å². The third-order valence-electron chi connectivity index (χ3n) is 4.35. The zero-order valence-corrected chi connectivity index (χ0v) is 15.5. The molecule has 23 heavy (non-hydrogen) atoms. The van der Waals surface area contributed by atoms with Gasteiger partial charge in [0.2, 0.25) is 5.91 Å². The second-order valence-corrected chi connectivity index (χ2v) is 9.54. The second kappa shape index (κ2) is 6.26. The summed E-state index contributed by atoms with van der Waals surface area (Å²) >= 11 is 0. The average molecular weight is 341 g/mol. The van der Waals surface area contributed by atoms with E-state index < -0.39 is 15.4 Å². The van der Waals surface area contributed by atoms with Crippen LogP contribution in [-0.4, -0.2) is 41.2 Å². The Morgan fingerprint density at radius 1 is 1.39 bits per heavy atom. The van der Waals surface area contributed by atoms with E-state index in [1.54, 1.807) is 6.92 Å². The van der Waals surface area contributed by atoms with E-state index in [4.69, 9.17) is 0 Å². The number of hydrogen-bond donors (Lipinski definition) is 1. The van der Waals surface area contributed by atoms with E-state index in [2.05, 4.69) is 24.3 Å². The number of nitrogens with zero attached hydrogens (tertiary/aromatic N) is 2. The summed E-state index contributed by atoms with van der Waals surface area (Å²) in [6.45, 7) is 10.8. The minimum absolute atomic E-state index is 0.0241. The highest BCUT2D eigenvalue weighted by Crippen LogP contribution is 2.23. The van der Waals surface area contributed by atoms with Crippen molar-refractivity contribution in [1.29, 1.82) is 0 Å². The van der Waals surface area contributed by atoms with Crippen molar-refractivity contribution in [3.8, 4) is 0 Å². The molecule has 1 amide bonds. The van der Waals surface area contributed by atoms with Crippen molar-refractivity contribution in [3.63, 3.8) is 0 Å². The van der Waals surface area contributed by atoms with Gasteiger partial charge < -0.3 is 5.32 Å². The summed E-state index contributed by atoms with van der Waals surface area (Å²) in [7, 11) is -3.03. The van der Waals surface area contributed by atoms with Crippen molar-refractivity contribution >= 4 is 15.7 Å². The van der Waals surface area contributed by atoms with Crippen molar-refractivity contribution in [2.75, 3.05) is 11.5 Å². The van der Waals surface area contributed by atoms with E-state index in [1.807, 2.05) is 18.5 Å². The summed E-state index contributed by atoms with van der Waals surface area (Å²) in [5.41, 5.74) is 2.16. The molecule has 0 bridgehead atoms. The molecule has 0 aromatic carbocycles. The molecule has 1 unspecified atom stereocenters. The summed E-state index contributed by atoms with van der Waals surface area (Å²) in [5, 5.41) is 7.43.